The van der Waals surface area contributed by atoms with Crippen molar-refractivity contribution in [2.24, 2.45) is 0 Å². The highest BCUT2D eigenvalue weighted by Gasteiger charge is 2.45. The summed E-state index contributed by atoms with van der Waals surface area (Å²) >= 11 is 0. The Balaban J connectivity index is 1.65. The van der Waals surface area contributed by atoms with Crippen LogP contribution >= 0.6 is 0 Å². The van der Waals surface area contributed by atoms with Gasteiger partial charge in [0.1, 0.15) is 12.0 Å². The van der Waals surface area contributed by atoms with Crippen molar-refractivity contribution in [1.29, 1.82) is 0 Å². The average Bonchev–Trinajstić information content (AvgIpc) is 2.68. The fourth-order valence-electron chi connectivity index (χ4n) is 3.74. The number of rotatable bonds is 4. The van der Waals surface area contributed by atoms with E-state index in [1.807, 2.05) is 37.4 Å². The average molecular weight is 305 g/mol. The molecule has 22 heavy (non-hydrogen) atoms. The van der Waals surface area contributed by atoms with Crippen LogP contribution in [-0.2, 0) is 9.53 Å². The molecule has 2 aliphatic rings. The second-order valence-corrected chi connectivity index (χ2v) is 6.37. The zero-order valence-corrected chi connectivity index (χ0v) is 12.8. The molecule has 1 aromatic rings. The maximum Gasteiger partial charge on any atom is 0.316 e. The Kier molecular flexibility index (Phi) is 4.47. The molecule has 0 radical (unpaired) electrons. The summed E-state index contributed by atoms with van der Waals surface area (Å²) in [6.45, 7) is -0.259. The van der Waals surface area contributed by atoms with Gasteiger partial charge in [-0.3, -0.25) is 9.69 Å². The standard InChI is InChI=1S/C17H23NO4/c1-18-12-7-13(9-15(18)16(20)8-12)22-17(21)14(10-19)11-5-3-2-4-6-11/h2-6,12-16,19-20H,7-10H2,1H3/t12?,13?,14-,15?,16?/m0/s1. The molecule has 5 atom stereocenters. The van der Waals surface area contributed by atoms with E-state index < -0.39 is 5.92 Å². The molecular formula is C17H23NO4. The second kappa shape index (κ2) is 6.36. The van der Waals surface area contributed by atoms with Crippen LogP contribution in [0.4, 0.5) is 0 Å². The normalized spacial score (nSPS) is 32.7. The van der Waals surface area contributed by atoms with Crippen LogP contribution in [0.5, 0.6) is 0 Å². The fourth-order valence-corrected chi connectivity index (χ4v) is 3.74. The SMILES string of the molecule is CN1C2CC(OC(=O)[C@@H](CO)c3ccccc3)CC1C(O)C2. The lowest BCUT2D eigenvalue weighted by Gasteiger charge is -2.36. The van der Waals surface area contributed by atoms with Crippen LogP contribution in [-0.4, -0.2) is 59.0 Å². The van der Waals surface area contributed by atoms with Gasteiger partial charge >= 0.3 is 5.97 Å². The molecule has 2 bridgehead atoms. The first kappa shape index (κ1) is 15.5. The Hall–Kier alpha value is -1.43. The van der Waals surface area contributed by atoms with E-state index in [4.69, 9.17) is 4.74 Å². The number of benzene rings is 1. The van der Waals surface area contributed by atoms with Crippen molar-refractivity contribution >= 4 is 5.97 Å². The molecule has 0 saturated carbocycles. The van der Waals surface area contributed by atoms with E-state index in [2.05, 4.69) is 4.90 Å². The van der Waals surface area contributed by atoms with Gasteiger partial charge in [0.25, 0.3) is 0 Å². The highest BCUT2D eigenvalue weighted by molar-refractivity contribution is 5.78. The summed E-state index contributed by atoms with van der Waals surface area (Å²) in [5.41, 5.74) is 0.769. The molecule has 4 unspecified atom stereocenters. The number of fused-ring (bicyclic) bond motifs is 2. The van der Waals surface area contributed by atoms with Crippen LogP contribution in [0.1, 0.15) is 30.7 Å². The van der Waals surface area contributed by atoms with Crippen molar-refractivity contribution in [2.45, 2.75) is 49.5 Å². The molecule has 3 rings (SSSR count). The van der Waals surface area contributed by atoms with E-state index in [1.54, 1.807) is 0 Å². The number of aliphatic hydroxyl groups excluding tert-OH is 2. The van der Waals surface area contributed by atoms with Crippen LogP contribution in [0.25, 0.3) is 0 Å². The van der Waals surface area contributed by atoms with E-state index in [1.165, 1.54) is 0 Å². The Morgan fingerprint density at radius 1 is 1.32 bits per heavy atom. The van der Waals surface area contributed by atoms with Crippen molar-refractivity contribution < 1.29 is 19.7 Å². The highest BCUT2D eigenvalue weighted by atomic mass is 16.5. The van der Waals surface area contributed by atoms with E-state index in [-0.39, 0.29) is 36.9 Å². The number of piperidine rings is 1. The number of nitrogens with zero attached hydrogens (tertiary/aromatic N) is 1. The molecule has 0 aromatic heterocycles. The molecule has 120 valence electrons. The number of hydrogen-bond donors (Lipinski definition) is 2. The molecule has 2 aliphatic heterocycles. The molecule has 2 saturated heterocycles. The maximum absolute atomic E-state index is 12.4. The van der Waals surface area contributed by atoms with E-state index in [9.17, 15) is 15.0 Å². The number of ether oxygens (including phenoxy) is 1. The number of aliphatic hydroxyl groups is 2. The van der Waals surface area contributed by atoms with Crippen molar-refractivity contribution in [3.63, 3.8) is 0 Å². The summed E-state index contributed by atoms with van der Waals surface area (Å²) in [6.07, 6.45) is 1.66. The highest BCUT2D eigenvalue weighted by Crippen LogP contribution is 2.36. The van der Waals surface area contributed by atoms with Gasteiger partial charge in [0.2, 0.25) is 0 Å². The number of carbonyl (C=O) groups is 1. The van der Waals surface area contributed by atoms with Gasteiger partial charge in [-0.15, -0.1) is 0 Å². The number of likely N-dealkylation sites (N-methyl/N-ethyl adjacent to an activating group) is 1. The Bertz CT molecular complexity index is 521. The third kappa shape index (κ3) is 2.89. The minimum absolute atomic E-state index is 0.0702. The molecule has 0 amide bonds. The molecule has 2 fully saturated rings. The van der Waals surface area contributed by atoms with Gasteiger partial charge in [-0.2, -0.15) is 0 Å². The van der Waals surface area contributed by atoms with E-state index >= 15 is 0 Å². The van der Waals surface area contributed by atoms with Gasteiger partial charge in [0.15, 0.2) is 0 Å². The van der Waals surface area contributed by atoms with Gasteiger partial charge < -0.3 is 14.9 Å². The van der Waals surface area contributed by atoms with Gasteiger partial charge in [-0.25, -0.2) is 0 Å². The lowest BCUT2D eigenvalue weighted by molar-refractivity contribution is -0.155. The third-order valence-electron chi connectivity index (χ3n) is 5.05. The topological polar surface area (TPSA) is 70.0 Å². The van der Waals surface area contributed by atoms with Crippen molar-refractivity contribution in [1.82, 2.24) is 4.90 Å². The van der Waals surface area contributed by atoms with E-state index in [0.29, 0.717) is 6.42 Å². The van der Waals surface area contributed by atoms with Crippen molar-refractivity contribution in [3.05, 3.63) is 35.9 Å². The van der Waals surface area contributed by atoms with Crippen LogP contribution < -0.4 is 0 Å². The van der Waals surface area contributed by atoms with Crippen LogP contribution in [0, 0.1) is 0 Å². The monoisotopic (exact) mass is 305 g/mol. The molecule has 2 N–H and O–H groups in total. The van der Waals surface area contributed by atoms with Gasteiger partial charge in [0.05, 0.1) is 12.7 Å². The van der Waals surface area contributed by atoms with Gasteiger partial charge in [-0.05, 0) is 19.0 Å². The number of carbonyl (C=O) groups excluding carboxylic acids is 1. The molecule has 5 nitrogen and oxygen atoms in total. The second-order valence-electron chi connectivity index (χ2n) is 6.37. The van der Waals surface area contributed by atoms with Crippen molar-refractivity contribution in [2.75, 3.05) is 13.7 Å². The van der Waals surface area contributed by atoms with Crippen LogP contribution in [0.3, 0.4) is 0 Å². The first-order valence-corrected chi connectivity index (χ1v) is 7.86. The lowest BCUT2D eigenvalue weighted by atomic mass is 9.98. The first-order valence-electron chi connectivity index (χ1n) is 7.86. The molecule has 0 aliphatic carbocycles. The van der Waals surface area contributed by atoms with Gasteiger partial charge in [0, 0.05) is 24.9 Å². The maximum atomic E-state index is 12.4. The summed E-state index contributed by atoms with van der Waals surface area (Å²) in [6, 6.07) is 9.56. The largest absolute Gasteiger partial charge is 0.462 e. The minimum Gasteiger partial charge on any atom is -0.462 e. The third-order valence-corrected chi connectivity index (χ3v) is 5.05. The molecule has 0 spiro atoms. The van der Waals surface area contributed by atoms with Crippen LogP contribution in [0.2, 0.25) is 0 Å². The minimum atomic E-state index is -0.636. The van der Waals surface area contributed by atoms with Crippen LogP contribution in [0.15, 0.2) is 30.3 Å². The van der Waals surface area contributed by atoms with Crippen molar-refractivity contribution in [3.8, 4) is 0 Å². The predicted molar refractivity (Wildman–Crippen MR) is 81.3 cm³/mol. The fraction of sp³-hybridized carbons (Fsp3) is 0.588. The number of hydrogen-bond acceptors (Lipinski definition) is 5. The summed E-state index contributed by atoms with van der Waals surface area (Å²) in [5.74, 6) is -1.01. The molecule has 2 heterocycles. The van der Waals surface area contributed by atoms with Gasteiger partial charge in [-0.1, -0.05) is 30.3 Å². The molecule has 1 aromatic carbocycles. The smallest absolute Gasteiger partial charge is 0.316 e. The zero-order valence-electron chi connectivity index (χ0n) is 12.8. The Morgan fingerprint density at radius 2 is 2.05 bits per heavy atom. The quantitative estimate of drug-likeness (QED) is 0.809. The number of esters is 1. The lowest BCUT2D eigenvalue weighted by Crippen LogP contribution is -2.45. The summed E-state index contributed by atoms with van der Waals surface area (Å²) in [5, 5.41) is 19.6. The zero-order chi connectivity index (χ0) is 15.7. The Morgan fingerprint density at radius 3 is 2.68 bits per heavy atom. The first-order chi connectivity index (χ1) is 10.6. The predicted octanol–water partition coefficient (Wildman–Crippen LogP) is 0.902. The van der Waals surface area contributed by atoms with E-state index in [0.717, 1.165) is 18.4 Å². The summed E-state index contributed by atoms with van der Waals surface area (Å²) in [7, 11) is 2.02. The summed E-state index contributed by atoms with van der Waals surface area (Å²) in [4.78, 5) is 14.6. The summed E-state index contributed by atoms with van der Waals surface area (Å²) < 4.78 is 5.64. The molecule has 5 heteroatoms. The molecular weight excluding hydrogens is 282 g/mol. The Labute approximate surface area is 130 Å².